The number of nitrogens with zero attached hydrogens (tertiary/aromatic N) is 1. The Morgan fingerprint density at radius 2 is 1.72 bits per heavy atom. The van der Waals surface area contributed by atoms with Gasteiger partial charge < -0.3 is 4.74 Å². The molecule has 176 valence electrons. The molecule has 0 radical (unpaired) electrons. The van der Waals surface area contributed by atoms with Crippen molar-refractivity contribution in [1.82, 2.24) is 4.31 Å². The van der Waals surface area contributed by atoms with E-state index in [1.807, 2.05) is 37.3 Å². The first-order valence-electron chi connectivity index (χ1n) is 10.9. The molecule has 0 aromatic heterocycles. The van der Waals surface area contributed by atoms with E-state index in [0.717, 1.165) is 5.56 Å². The topological polar surface area (TPSA) is 87.1 Å². The van der Waals surface area contributed by atoms with Crippen molar-refractivity contribution < 1.29 is 26.7 Å². The number of rotatable bonds is 5. The van der Waals surface area contributed by atoms with Gasteiger partial charge in [-0.2, -0.15) is 14.9 Å². The van der Waals surface area contributed by atoms with E-state index >= 15 is 0 Å². The second kappa shape index (κ2) is 9.30. The number of ether oxygens (including phenoxy) is 1. The summed E-state index contributed by atoms with van der Waals surface area (Å²) in [6.45, 7) is 1.84. The number of sulfonamides is 1. The third-order valence-corrected chi connectivity index (χ3v) is 10.5. The van der Waals surface area contributed by atoms with Crippen LogP contribution in [-0.2, 0) is 16.6 Å². The molecule has 4 rings (SSSR count). The molecule has 2 aromatic carbocycles. The van der Waals surface area contributed by atoms with Crippen LogP contribution in [0.15, 0.2) is 48.5 Å². The minimum atomic E-state index is -3.64. The van der Waals surface area contributed by atoms with Crippen LogP contribution in [0.1, 0.15) is 49.0 Å². The predicted molar refractivity (Wildman–Crippen MR) is 125 cm³/mol. The maximum Gasteiger partial charge on any atom is 0.221 e. The first-order chi connectivity index (χ1) is 15.2. The quantitative estimate of drug-likeness (QED) is 0.612. The highest BCUT2D eigenvalue weighted by Crippen LogP contribution is 2.44. The summed E-state index contributed by atoms with van der Waals surface area (Å²) in [5.41, 5.74) is 1.07. The minimum absolute atomic E-state index is 0.0245. The SMILES string of the molecule is C[C@H]1CCC(c2ccccc2)S(=O)(=O)N1Cc1ccc(OC2CCS(O)(O)CC2)cc1F. The van der Waals surface area contributed by atoms with Crippen molar-refractivity contribution in [2.75, 3.05) is 11.5 Å². The van der Waals surface area contributed by atoms with Gasteiger partial charge in [0.25, 0.3) is 0 Å². The third kappa shape index (κ3) is 5.12. The number of halogens is 1. The van der Waals surface area contributed by atoms with Crippen molar-refractivity contribution in [3.8, 4) is 5.75 Å². The van der Waals surface area contributed by atoms with Crippen LogP contribution in [-0.4, -0.2) is 45.5 Å². The van der Waals surface area contributed by atoms with Gasteiger partial charge in [-0.25, -0.2) is 12.8 Å². The average Bonchev–Trinajstić information content (AvgIpc) is 2.74. The largest absolute Gasteiger partial charge is 0.490 e. The summed E-state index contributed by atoms with van der Waals surface area (Å²) in [7, 11) is -6.13. The van der Waals surface area contributed by atoms with Gasteiger partial charge in [0, 0.05) is 48.6 Å². The van der Waals surface area contributed by atoms with Crippen molar-refractivity contribution in [1.29, 1.82) is 0 Å². The summed E-state index contributed by atoms with van der Waals surface area (Å²) in [5, 5.41) is -0.621. The molecule has 32 heavy (non-hydrogen) atoms. The molecule has 2 N–H and O–H groups in total. The summed E-state index contributed by atoms with van der Waals surface area (Å²) in [4.78, 5) is 0. The van der Waals surface area contributed by atoms with Crippen molar-refractivity contribution in [3.05, 3.63) is 65.5 Å². The van der Waals surface area contributed by atoms with E-state index < -0.39 is 31.7 Å². The van der Waals surface area contributed by atoms with Crippen LogP contribution in [0.4, 0.5) is 4.39 Å². The lowest BCUT2D eigenvalue weighted by atomic mass is 10.0. The van der Waals surface area contributed by atoms with Crippen molar-refractivity contribution in [3.63, 3.8) is 0 Å². The number of hydrogen-bond donors (Lipinski definition) is 2. The Balaban J connectivity index is 1.48. The van der Waals surface area contributed by atoms with Gasteiger partial charge in [-0.15, -0.1) is 0 Å². The van der Waals surface area contributed by atoms with Crippen LogP contribution >= 0.6 is 10.6 Å². The smallest absolute Gasteiger partial charge is 0.221 e. The van der Waals surface area contributed by atoms with Crippen LogP contribution in [0, 0.1) is 5.82 Å². The Morgan fingerprint density at radius 1 is 1.03 bits per heavy atom. The standard InChI is InChI=1S/C23H30FNO5S2/c1-17-7-10-23(18-5-3-2-4-6-18)32(28,29)25(17)16-19-8-9-21(15-22(19)24)30-20-11-13-31(26,27)14-12-20/h2-6,8-9,15,17,20,23,26-27H,7,10-14,16H2,1H3/t17-,23?/m0/s1. The Bertz CT molecular complexity index is 1040. The zero-order valence-electron chi connectivity index (χ0n) is 18.1. The molecule has 2 fully saturated rings. The summed E-state index contributed by atoms with van der Waals surface area (Å²) >= 11 is 0. The van der Waals surface area contributed by atoms with Gasteiger partial charge in [0.2, 0.25) is 10.0 Å². The van der Waals surface area contributed by atoms with E-state index in [2.05, 4.69) is 0 Å². The molecule has 0 aliphatic carbocycles. The lowest BCUT2D eigenvalue weighted by Gasteiger charge is -2.39. The second-order valence-corrected chi connectivity index (χ2v) is 13.2. The molecular formula is C23H30FNO5S2. The molecule has 2 aromatic rings. The zero-order valence-corrected chi connectivity index (χ0v) is 19.7. The minimum Gasteiger partial charge on any atom is -0.490 e. The molecule has 0 amide bonds. The molecule has 0 spiro atoms. The van der Waals surface area contributed by atoms with Gasteiger partial charge >= 0.3 is 0 Å². The Morgan fingerprint density at radius 3 is 2.38 bits per heavy atom. The lowest BCUT2D eigenvalue weighted by Crippen LogP contribution is -2.44. The molecule has 1 unspecified atom stereocenters. The van der Waals surface area contributed by atoms with Gasteiger partial charge in [-0.3, -0.25) is 9.11 Å². The molecule has 2 heterocycles. The zero-order chi connectivity index (χ0) is 22.9. The molecule has 2 aliphatic heterocycles. The van der Waals surface area contributed by atoms with E-state index in [9.17, 15) is 21.9 Å². The van der Waals surface area contributed by atoms with Crippen LogP contribution in [0.3, 0.4) is 0 Å². The molecule has 2 atom stereocenters. The van der Waals surface area contributed by atoms with Gasteiger partial charge in [-0.1, -0.05) is 36.4 Å². The molecule has 2 aliphatic rings. The fourth-order valence-electron chi connectivity index (χ4n) is 4.45. The van der Waals surface area contributed by atoms with Crippen molar-refractivity contribution in [2.45, 2.75) is 56.5 Å². The molecule has 0 bridgehead atoms. The van der Waals surface area contributed by atoms with Gasteiger partial charge in [0.1, 0.15) is 22.9 Å². The normalized spacial score (nSPS) is 27.0. The van der Waals surface area contributed by atoms with Crippen LogP contribution in [0.2, 0.25) is 0 Å². The molecule has 6 nitrogen and oxygen atoms in total. The fraction of sp³-hybridized carbons (Fsp3) is 0.478. The van der Waals surface area contributed by atoms with E-state index in [1.165, 1.54) is 10.4 Å². The summed E-state index contributed by atoms with van der Waals surface area (Å²) < 4.78 is 68.3. The van der Waals surface area contributed by atoms with E-state index in [1.54, 1.807) is 12.1 Å². The Hall–Kier alpha value is -1.65. The molecular weight excluding hydrogens is 453 g/mol. The molecule has 0 saturated carbocycles. The maximum atomic E-state index is 14.9. The fourth-order valence-corrected chi connectivity index (χ4v) is 8.12. The molecule has 9 heteroatoms. The lowest BCUT2D eigenvalue weighted by molar-refractivity contribution is 0.185. The highest BCUT2D eigenvalue weighted by atomic mass is 32.3. The van der Waals surface area contributed by atoms with Crippen LogP contribution in [0.25, 0.3) is 0 Å². The molecule has 2 saturated heterocycles. The monoisotopic (exact) mass is 483 g/mol. The first kappa shape index (κ1) is 23.5. The number of hydrogen-bond acceptors (Lipinski definition) is 5. The number of benzene rings is 2. The van der Waals surface area contributed by atoms with Crippen LogP contribution < -0.4 is 4.74 Å². The van der Waals surface area contributed by atoms with E-state index in [-0.39, 0.29) is 18.7 Å². The first-order valence-corrected chi connectivity index (χ1v) is 14.3. The van der Waals surface area contributed by atoms with E-state index in [0.29, 0.717) is 48.5 Å². The van der Waals surface area contributed by atoms with Crippen molar-refractivity contribution >= 4 is 20.6 Å². The van der Waals surface area contributed by atoms with Crippen LogP contribution in [0.5, 0.6) is 5.75 Å². The Labute approximate surface area is 190 Å². The third-order valence-electron chi connectivity index (χ3n) is 6.38. The predicted octanol–water partition coefficient (Wildman–Crippen LogP) is 5.17. The summed E-state index contributed by atoms with van der Waals surface area (Å²) in [6.07, 6.45) is 2.09. The van der Waals surface area contributed by atoms with Gasteiger partial charge in [0.15, 0.2) is 0 Å². The van der Waals surface area contributed by atoms with Gasteiger partial charge in [-0.05, 0) is 31.4 Å². The highest BCUT2D eigenvalue weighted by Gasteiger charge is 2.40. The maximum absolute atomic E-state index is 14.9. The highest BCUT2D eigenvalue weighted by molar-refractivity contribution is 8.24. The van der Waals surface area contributed by atoms with Crippen molar-refractivity contribution in [2.24, 2.45) is 0 Å². The summed E-state index contributed by atoms with van der Waals surface area (Å²) in [5.74, 6) is 0.454. The Kier molecular flexibility index (Phi) is 6.84. The average molecular weight is 484 g/mol. The van der Waals surface area contributed by atoms with Gasteiger partial charge in [0.05, 0.1) is 0 Å². The second-order valence-electron chi connectivity index (χ2n) is 8.70. The summed E-state index contributed by atoms with van der Waals surface area (Å²) in [6, 6.07) is 13.5. The van der Waals surface area contributed by atoms with E-state index in [4.69, 9.17) is 4.74 Å².